The number of carbonyl (C=O) groups excluding carboxylic acids is 1. The summed E-state index contributed by atoms with van der Waals surface area (Å²) in [5.74, 6) is 0.872. The average molecular weight is 361 g/mol. The average Bonchev–Trinajstić information content (AvgIpc) is 2.66. The van der Waals surface area contributed by atoms with E-state index in [1.807, 2.05) is 13.0 Å². The number of hydrogen-bond acceptors (Lipinski definition) is 4. The molecule has 1 amide bonds. The van der Waals surface area contributed by atoms with E-state index >= 15 is 0 Å². The van der Waals surface area contributed by atoms with E-state index in [-0.39, 0.29) is 12.1 Å². The zero-order chi connectivity index (χ0) is 18.9. The fraction of sp³-hybridized carbons (Fsp3) is 0.579. The smallest absolute Gasteiger partial charge is 0.409 e. The van der Waals surface area contributed by atoms with Crippen LogP contribution in [0.15, 0.2) is 35.3 Å². The molecule has 1 fully saturated rings. The lowest BCUT2D eigenvalue weighted by atomic mass is 10.1. The first-order chi connectivity index (χ1) is 12.6. The summed E-state index contributed by atoms with van der Waals surface area (Å²) in [5, 5.41) is 3.49. The molecular weight excluding hydrogens is 330 g/mol. The Kier molecular flexibility index (Phi) is 7.72. The summed E-state index contributed by atoms with van der Waals surface area (Å²) in [6.45, 7) is 5.79. The molecule has 1 saturated heterocycles. The van der Waals surface area contributed by atoms with Gasteiger partial charge >= 0.3 is 6.09 Å². The molecule has 1 aliphatic heterocycles. The summed E-state index contributed by atoms with van der Waals surface area (Å²) >= 11 is 0. The standard InChI is InChI=1S/C19H31N5O2/c1-5-26-19(25)24-13-11-23(12-14-24)18(20-2)21-15-17(22(3)4)16-9-7-6-8-10-16/h6-10,17H,5,11-15H2,1-4H3,(H,20,21). The third-order valence-electron chi connectivity index (χ3n) is 4.58. The number of piperazine rings is 1. The maximum Gasteiger partial charge on any atom is 0.409 e. The minimum Gasteiger partial charge on any atom is -0.450 e. The number of guanidine groups is 1. The predicted molar refractivity (Wildman–Crippen MR) is 104 cm³/mol. The summed E-state index contributed by atoms with van der Waals surface area (Å²) in [5.41, 5.74) is 1.27. The summed E-state index contributed by atoms with van der Waals surface area (Å²) in [6, 6.07) is 10.7. The number of hydrogen-bond donors (Lipinski definition) is 1. The first-order valence-electron chi connectivity index (χ1n) is 9.15. The lowest BCUT2D eigenvalue weighted by Gasteiger charge is -2.36. The zero-order valence-corrected chi connectivity index (χ0v) is 16.3. The van der Waals surface area contributed by atoms with Crippen molar-refractivity contribution in [3.8, 4) is 0 Å². The van der Waals surface area contributed by atoms with Gasteiger partial charge in [-0.05, 0) is 26.6 Å². The highest BCUT2D eigenvalue weighted by molar-refractivity contribution is 5.80. The molecule has 0 aliphatic carbocycles. The predicted octanol–water partition coefficient (Wildman–Crippen LogP) is 1.64. The Balaban J connectivity index is 1.90. The van der Waals surface area contributed by atoms with Gasteiger partial charge in [0.05, 0.1) is 12.6 Å². The van der Waals surface area contributed by atoms with Crippen LogP contribution in [0.1, 0.15) is 18.5 Å². The quantitative estimate of drug-likeness (QED) is 0.638. The van der Waals surface area contributed by atoms with Crippen molar-refractivity contribution >= 4 is 12.1 Å². The Morgan fingerprint density at radius 3 is 2.35 bits per heavy atom. The summed E-state index contributed by atoms with van der Waals surface area (Å²) in [6.07, 6.45) is -0.230. The maximum absolute atomic E-state index is 11.8. The molecule has 0 spiro atoms. The topological polar surface area (TPSA) is 60.4 Å². The van der Waals surface area contributed by atoms with Crippen molar-refractivity contribution < 1.29 is 9.53 Å². The van der Waals surface area contributed by atoms with Gasteiger partial charge < -0.3 is 24.8 Å². The van der Waals surface area contributed by atoms with Crippen LogP contribution in [-0.4, -0.2) is 87.2 Å². The molecule has 0 saturated carbocycles. The van der Waals surface area contributed by atoms with Crippen LogP contribution in [0.4, 0.5) is 4.79 Å². The van der Waals surface area contributed by atoms with Gasteiger partial charge in [-0.2, -0.15) is 0 Å². The van der Waals surface area contributed by atoms with Gasteiger partial charge in [-0.15, -0.1) is 0 Å². The molecule has 144 valence electrons. The highest BCUT2D eigenvalue weighted by Gasteiger charge is 2.24. The SMILES string of the molecule is CCOC(=O)N1CCN(C(=NC)NCC(c2ccccc2)N(C)C)CC1. The second kappa shape index (κ2) is 10.0. The van der Waals surface area contributed by atoms with Crippen LogP contribution in [0.3, 0.4) is 0 Å². The molecule has 26 heavy (non-hydrogen) atoms. The monoisotopic (exact) mass is 361 g/mol. The van der Waals surface area contributed by atoms with Crippen LogP contribution < -0.4 is 5.32 Å². The van der Waals surface area contributed by atoms with Crippen LogP contribution in [0.5, 0.6) is 0 Å². The first kappa shape index (κ1) is 20.0. The molecular formula is C19H31N5O2. The van der Waals surface area contributed by atoms with E-state index in [0.29, 0.717) is 19.7 Å². The Bertz CT molecular complexity index is 583. The maximum atomic E-state index is 11.8. The van der Waals surface area contributed by atoms with E-state index in [4.69, 9.17) is 4.74 Å². The molecule has 7 heteroatoms. The number of carbonyl (C=O) groups is 1. The summed E-state index contributed by atoms with van der Waals surface area (Å²) in [4.78, 5) is 22.4. The van der Waals surface area contributed by atoms with Crippen molar-refractivity contribution in [3.05, 3.63) is 35.9 Å². The van der Waals surface area contributed by atoms with Crippen LogP contribution in [0.25, 0.3) is 0 Å². The third-order valence-corrected chi connectivity index (χ3v) is 4.58. The fourth-order valence-corrected chi connectivity index (χ4v) is 3.11. The largest absolute Gasteiger partial charge is 0.450 e. The van der Waals surface area contributed by atoms with Gasteiger partial charge in [0.15, 0.2) is 5.96 Å². The molecule has 1 atom stereocenters. The number of rotatable bonds is 5. The molecule has 1 aromatic rings. The number of amides is 1. The minimum absolute atomic E-state index is 0.230. The molecule has 1 aliphatic rings. The minimum atomic E-state index is -0.230. The van der Waals surface area contributed by atoms with Crippen molar-refractivity contribution in [2.45, 2.75) is 13.0 Å². The van der Waals surface area contributed by atoms with Crippen LogP contribution in [0, 0.1) is 0 Å². The fourth-order valence-electron chi connectivity index (χ4n) is 3.11. The number of ether oxygens (including phenoxy) is 1. The number of aliphatic imine (C=N–C) groups is 1. The Hall–Kier alpha value is -2.28. The molecule has 0 bridgehead atoms. The van der Waals surface area contributed by atoms with Gasteiger partial charge in [0, 0.05) is 39.8 Å². The van der Waals surface area contributed by atoms with Crippen LogP contribution in [-0.2, 0) is 4.74 Å². The highest BCUT2D eigenvalue weighted by Crippen LogP contribution is 2.17. The normalized spacial score (nSPS) is 16.6. The van der Waals surface area contributed by atoms with Crippen molar-refractivity contribution in [1.82, 2.24) is 20.0 Å². The molecule has 1 heterocycles. The molecule has 1 unspecified atom stereocenters. The molecule has 2 rings (SSSR count). The van der Waals surface area contributed by atoms with Gasteiger partial charge in [0.25, 0.3) is 0 Å². The number of benzene rings is 1. The van der Waals surface area contributed by atoms with Crippen molar-refractivity contribution in [1.29, 1.82) is 0 Å². The van der Waals surface area contributed by atoms with Crippen molar-refractivity contribution in [3.63, 3.8) is 0 Å². The highest BCUT2D eigenvalue weighted by atomic mass is 16.6. The number of nitrogens with zero attached hydrogens (tertiary/aromatic N) is 4. The van der Waals surface area contributed by atoms with E-state index in [1.165, 1.54) is 5.56 Å². The van der Waals surface area contributed by atoms with E-state index in [9.17, 15) is 4.79 Å². The van der Waals surface area contributed by atoms with Crippen molar-refractivity contribution in [2.75, 3.05) is 60.5 Å². The Morgan fingerprint density at radius 1 is 1.19 bits per heavy atom. The molecule has 7 nitrogen and oxygen atoms in total. The van der Waals surface area contributed by atoms with Crippen LogP contribution >= 0.6 is 0 Å². The third kappa shape index (κ3) is 5.36. The van der Waals surface area contributed by atoms with E-state index in [1.54, 1.807) is 11.9 Å². The molecule has 1 aromatic carbocycles. The van der Waals surface area contributed by atoms with Gasteiger partial charge in [-0.3, -0.25) is 4.99 Å². The Labute approximate surface area is 156 Å². The van der Waals surface area contributed by atoms with E-state index in [0.717, 1.165) is 25.6 Å². The summed E-state index contributed by atoms with van der Waals surface area (Å²) < 4.78 is 5.07. The summed E-state index contributed by atoms with van der Waals surface area (Å²) in [7, 11) is 5.97. The zero-order valence-electron chi connectivity index (χ0n) is 16.3. The van der Waals surface area contributed by atoms with Crippen LogP contribution in [0.2, 0.25) is 0 Å². The number of likely N-dealkylation sites (N-methyl/N-ethyl adjacent to an activating group) is 1. The number of nitrogens with one attached hydrogen (secondary N) is 1. The molecule has 0 radical (unpaired) electrons. The Morgan fingerprint density at radius 2 is 1.81 bits per heavy atom. The van der Waals surface area contributed by atoms with Gasteiger partial charge in [0.2, 0.25) is 0 Å². The van der Waals surface area contributed by atoms with E-state index in [2.05, 4.69) is 58.5 Å². The van der Waals surface area contributed by atoms with Gasteiger partial charge in [-0.25, -0.2) is 4.79 Å². The first-order valence-corrected chi connectivity index (χ1v) is 9.15. The molecule has 1 N–H and O–H groups in total. The second-order valence-corrected chi connectivity index (χ2v) is 6.49. The van der Waals surface area contributed by atoms with Gasteiger partial charge in [0.1, 0.15) is 0 Å². The van der Waals surface area contributed by atoms with E-state index < -0.39 is 0 Å². The molecule has 0 aromatic heterocycles. The van der Waals surface area contributed by atoms with Crippen molar-refractivity contribution in [2.24, 2.45) is 4.99 Å². The lowest BCUT2D eigenvalue weighted by Crippen LogP contribution is -2.54. The lowest BCUT2D eigenvalue weighted by molar-refractivity contribution is 0.0914. The second-order valence-electron chi connectivity index (χ2n) is 6.49. The van der Waals surface area contributed by atoms with Gasteiger partial charge in [-0.1, -0.05) is 30.3 Å².